The van der Waals surface area contributed by atoms with Crippen LogP contribution in [0.2, 0.25) is 0 Å². The Hall–Kier alpha value is -2.79. The molecule has 9 nitrogen and oxygen atoms in total. The smallest absolute Gasteiger partial charge is 0.244 e. The molecule has 35 heavy (non-hydrogen) atoms. The van der Waals surface area contributed by atoms with E-state index in [0.717, 1.165) is 20.6 Å². The number of nitrogens with zero attached hydrogens (tertiary/aromatic N) is 2. The number of hydrogen-bond acceptors (Lipinski definition) is 6. The third kappa shape index (κ3) is 7.11. The molecular formula is C24H30BrN3O6S. The Morgan fingerprint density at radius 1 is 1.06 bits per heavy atom. The lowest BCUT2D eigenvalue weighted by molar-refractivity contribution is -0.139. The van der Waals surface area contributed by atoms with Crippen molar-refractivity contribution in [3.05, 3.63) is 52.5 Å². The molecule has 2 aromatic rings. The van der Waals surface area contributed by atoms with Crippen molar-refractivity contribution in [1.29, 1.82) is 0 Å². The van der Waals surface area contributed by atoms with Crippen LogP contribution in [-0.2, 0) is 26.2 Å². The van der Waals surface area contributed by atoms with E-state index in [-0.39, 0.29) is 30.9 Å². The first-order valence-corrected chi connectivity index (χ1v) is 13.8. The van der Waals surface area contributed by atoms with Crippen LogP contribution in [0.15, 0.2) is 46.9 Å². The Morgan fingerprint density at radius 3 is 2.34 bits per heavy atom. The molecule has 0 radical (unpaired) electrons. The second-order valence-electron chi connectivity index (χ2n) is 8.77. The minimum Gasteiger partial charge on any atom is -0.454 e. The van der Waals surface area contributed by atoms with E-state index in [4.69, 9.17) is 9.47 Å². The van der Waals surface area contributed by atoms with Gasteiger partial charge in [0.15, 0.2) is 11.5 Å². The number of carbonyl (C=O) groups is 2. The highest BCUT2D eigenvalue weighted by Gasteiger charge is 2.30. The molecule has 1 aliphatic heterocycles. The molecule has 0 saturated heterocycles. The van der Waals surface area contributed by atoms with Gasteiger partial charge in [0.1, 0.15) is 12.6 Å². The molecule has 190 valence electrons. The molecule has 0 saturated carbocycles. The van der Waals surface area contributed by atoms with Crippen molar-refractivity contribution >= 4 is 43.5 Å². The van der Waals surface area contributed by atoms with Crippen LogP contribution in [0.5, 0.6) is 11.5 Å². The largest absolute Gasteiger partial charge is 0.454 e. The maximum Gasteiger partial charge on any atom is 0.244 e. The number of halogens is 1. The van der Waals surface area contributed by atoms with Gasteiger partial charge in [0, 0.05) is 23.6 Å². The number of ether oxygens (including phenoxy) is 2. The van der Waals surface area contributed by atoms with Gasteiger partial charge in [-0.2, -0.15) is 0 Å². The van der Waals surface area contributed by atoms with E-state index in [0.29, 0.717) is 18.0 Å². The lowest BCUT2D eigenvalue weighted by Crippen LogP contribution is -2.51. The van der Waals surface area contributed by atoms with Crippen LogP contribution in [0.25, 0.3) is 0 Å². The van der Waals surface area contributed by atoms with Gasteiger partial charge < -0.3 is 19.7 Å². The summed E-state index contributed by atoms with van der Waals surface area (Å²) >= 11 is 3.39. The zero-order valence-electron chi connectivity index (χ0n) is 20.2. The highest BCUT2D eigenvalue weighted by molar-refractivity contribution is 9.10. The Morgan fingerprint density at radius 2 is 1.71 bits per heavy atom. The van der Waals surface area contributed by atoms with E-state index in [2.05, 4.69) is 21.2 Å². The molecule has 1 heterocycles. The standard InChI is InChI=1S/C24H30BrN3O6S/c1-16(2)12-26-24(30)17(3)27(13-18-5-7-19(25)8-6-18)23(29)14-28(35(4,31)32)20-9-10-21-22(11-20)34-15-33-21/h5-11,16-17H,12-15H2,1-4H3,(H,26,30)/t17-/m0/s1. The van der Waals surface area contributed by atoms with Gasteiger partial charge in [0.25, 0.3) is 0 Å². The molecule has 2 amide bonds. The Bertz CT molecular complexity index is 1170. The Kier molecular flexibility index (Phi) is 8.65. The quantitative estimate of drug-likeness (QED) is 0.473. The van der Waals surface area contributed by atoms with Gasteiger partial charge in [-0.05, 0) is 42.7 Å². The predicted molar refractivity (Wildman–Crippen MR) is 137 cm³/mol. The summed E-state index contributed by atoms with van der Waals surface area (Å²) in [7, 11) is -3.83. The van der Waals surface area contributed by atoms with E-state index in [1.807, 2.05) is 38.1 Å². The van der Waals surface area contributed by atoms with Gasteiger partial charge in [0.2, 0.25) is 28.6 Å². The third-order valence-corrected chi connectivity index (χ3v) is 7.11. The zero-order valence-corrected chi connectivity index (χ0v) is 22.6. The molecule has 1 aliphatic rings. The van der Waals surface area contributed by atoms with Crippen LogP contribution in [0, 0.1) is 5.92 Å². The first kappa shape index (κ1) is 26.8. The number of rotatable bonds is 10. The monoisotopic (exact) mass is 567 g/mol. The summed E-state index contributed by atoms with van der Waals surface area (Å²) in [5.74, 6) is 0.326. The first-order valence-electron chi connectivity index (χ1n) is 11.1. The van der Waals surface area contributed by atoms with Crippen LogP contribution in [0.1, 0.15) is 26.3 Å². The number of benzene rings is 2. The highest BCUT2D eigenvalue weighted by atomic mass is 79.9. The Labute approximate surface area is 214 Å². The van der Waals surface area contributed by atoms with Crippen LogP contribution >= 0.6 is 15.9 Å². The predicted octanol–water partition coefficient (Wildman–Crippen LogP) is 3.13. The summed E-state index contributed by atoms with van der Waals surface area (Å²) in [5, 5.41) is 2.85. The molecule has 0 aromatic heterocycles. The number of hydrogen-bond donors (Lipinski definition) is 1. The van der Waals surface area contributed by atoms with Crippen molar-refractivity contribution in [3.8, 4) is 11.5 Å². The summed E-state index contributed by atoms with van der Waals surface area (Å²) in [4.78, 5) is 27.8. The van der Waals surface area contributed by atoms with Crippen molar-refractivity contribution in [2.24, 2.45) is 5.92 Å². The van der Waals surface area contributed by atoms with Crippen LogP contribution in [-0.4, -0.2) is 57.3 Å². The summed E-state index contributed by atoms with van der Waals surface area (Å²) in [5.41, 5.74) is 1.07. The zero-order chi connectivity index (χ0) is 25.8. The van der Waals surface area contributed by atoms with Gasteiger partial charge in [0.05, 0.1) is 11.9 Å². The molecule has 0 aliphatic carbocycles. The molecular weight excluding hydrogens is 538 g/mol. The number of fused-ring (bicyclic) bond motifs is 1. The average molecular weight is 568 g/mol. The molecule has 11 heteroatoms. The SMILES string of the molecule is CC(C)CNC(=O)[C@H](C)N(Cc1ccc(Br)cc1)C(=O)CN(c1ccc2c(c1)OCO2)S(C)(=O)=O. The number of anilines is 1. The van der Waals surface area contributed by atoms with Gasteiger partial charge in [-0.15, -0.1) is 0 Å². The molecule has 2 aromatic carbocycles. The van der Waals surface area contributed by atoms with E-state index < -0.39 is 28.5 Å². The second-order valence-corrected chi connectivity index (χ2v) is 11.6. The molecule has 1 atom stereocenters. The van der Waals surface area contributed by atoms with Gasteiger partial charge in [-0.1, -0.05) is 41.9 Å². The summed E-state index contributed by atoms with van der Waals surface area (Å²) in [6, 6.07) is 11.2. The number of amides is 2. The van der Waals surface area contributed by atoms with Crippen molar-refractivity contribution in [2.45, 2.75) is 33.4 Å². The maximum absolute atomic E-state index is 13.5. The maximum atomic E-state index is 13.5. The number of sulfonamides is 1. The van der Waals surface area contributed by atoms with E-state index in [1.165, 1.54) is 11.0 Å². The number of nitrogens with one attached hydrogen (secondary N) is 1. The normalized spacial score (nSPS) is 13.4. The van der Waals surface area contributed by atoms with Crippen LogP contribution in [0.4, 0.5) is 5.69 Å². The molecule has 0 fully saturated rings. The van der Waals surface area contributed by atoms with Gasteiger partial charge in [-0.3, -0.25) is 13.9 Å². The lowest BCUT2D eigenvalue weighted by atomic mass is 10.1. The van der Waals surface area contributed by atoms with Gasteiger partial charge >= 0.3 is 0 Å². The fourth-order valence-corrected chi connectivity index (χ4v) is 4.58. The van der Waals surface area contributed by atoms with E-state index in [9.17, 15) is 18.0 Å². The molecule has 3 rings (SSSR count). The second kappa shape index (κ2) is 11.3. The minimum absolute atomic E-state index is 0.0422. The summed E-state index contributed by atoms with van der Waals surface area (Å²) in [6.45, 7) is 5.77. The molecule has 0 bridgehead atoms. The fourth-order valence-electron chi connectivity index (χ4n) is 3.48. The Balaban J connectivity index is 1.88. The molecule has 0 unspecified atom stereocenters. The van der Waals surface area contributed by atoms with Crippen molar-refractivity contribution in [2.75, 3.05) is 30.4 Å². The van der Waals surface area contributed by atoms with Crippen LogP contribution < -0.4 is 19.1 Å². The highest BCUT2D eigenvalue weighted by Crippen LogP contribution is 2.36. The van der Waals surface area contributed by atoms with Crippen LogP contribution in [0.3, 0.4) is 0 Å². The minimum atomic E-state index is -3.83. The molecule has 1 N–H and O–H groups in total. The average Bonchev–Trinajstić information content (AvgIpc) is 3.27. The molecule has 0 spiro atoms. The van der Waals surface area contributed by atoms with E-state index >= 15 is 0 Å². The number of carbonyl (C=O) groups excluding carboxylic acids is 2. The summed E-state index contributed by atoms with van der Waals surface area (Å²) in [6.07, 6.45) is 1.03. The summed E-state index contributed by atoms with van der Waals surface area (Å²) < 4.78 is 37.9. The van der Waals surface area contributed by atoms with Crippen molar-refractivity contribution < 1.29 is 27.5 Å². The fraction of sp³-hybridized carbons (Fsp3) is 0.417. The lowest BCUT2D eigenvalue weighted by Gasteiger charge is -2.31. The first-order chi connectivity index (χ1) is 16.5. The van der Waals surface area contributed by atoms with Crippen molar-refractivity contribution in [3.63, 3.8) is 0 Å². The van der Waals surface area contributed by atoms with E-state index in [1.54, 1.807) is 19.1 Å². The topological polar surface area (TPSA) is 105 Å². The third-order valence-electron chi connectivity index (χ3n) is 5.44. The van der Waals surface area contributed by atoms with Gasteiger partial charge in [-0.25, -0.2) is 8.42 Å². The van der Waals surface area contributed by atoms with Crippen molar-refractivity contribution in [1.82, 2.24) is 10.2 Å².